The minimum atomic E-state index is 0.0824. The van der Waals surface area contributed by atoms with Crippen molar-refractivity contribution < 1.29 is 4.74 Å². The highest BCUT2D eigenvalue weighted by molar-refractivity contribution is 4.68. The zero-order valence-electron chi connectivity index (χ0n) is 8.61. The second-order valence-corrected chi connectivity index (χ2v) is 4.13. The van der Waals surface area contributed by atoms with Gasteiger partial charge in [0.15, 0.2) is 0 Å². The van der Waals surface area contributed by atoms with E-state index >= 15 is 0 Å². The van der Waals surface area contributed by atoms with Crippen LogP contribution >= 0.6 is 0 Å². The van der Waals surface area contributed by atoms with E-state index in [4.69, 9.17) is 4.74 Å². The molecule has 0 atom stereocenters. The van der Waals surface area contributed by atoms with Crippen LogP contribution in [0.3, 0.4) is 0 Å². The molecule has 0 N–H and O–H groups in total. The van der Waals surface area contributed by atoms with E-state index in [2.05, 4.69) is 34.6 Å². The summed E-state index contributed by atoms with van der Waals surface area (Å²) in [6, 6.07) is 0. The molecule has 0 amide bonds. The maximum absolute atomic E-state index is 5.58. The summed E-state index contributed by atoms with van der Waals surface area (Å²) in [5.74, 6) is 0.787. The third-order valence-corrected chi connectivity index (χ3v) is 1.86. The minimum absolute atomic E-state index is 0.0824. The van der Waals surface area contributed by atoms with Gasteiger partial charge in [-0.15, -0.1) is 0 Å². The zero-order valence-corrected chi connectivity index (χ0v) is 8.61. The van der Waals surface area contributed by atoms with Crippen LogP contribution in [-0.2, 0) is 4.74 Å². The van der Waals surface area contributed by atoms with E-state index in [-0.39, 0.29) is 5.60 Å². The molecule has 0 aliphatic rings. The molecular weight excluding hydrogens is 136 g/mol. The monoisotopic (exact) mass is 158 g/mol. The lowest BCUT2D eigenvalue weighted by Gasteiger charge is -2.25. The van der Waals surface area contributed by atoms with Gasteiger partial charge in [-0.1, -0.05) is 13.8 Å². The first-order valence-electron chi connectivity index (χ1n) is 4.62. The van der Waals surface area contributed by atoms with Crippen molar-refractivity contribution in [2.45, 2.75) is 53.1 Å². The van der Waals surface area contributed by atoms with Crippen molar-refractivity contribution in [3.63, 3.8) is 0 Å². The van der Waals surface area contributed by atoms with Gasteiger partial charge in [0.05, 0.1) is 5.60 Å². The van der Waals surface area contributed by atoms with E-state index in [9.17, 15) is 0 Å². The Morgan fingerprint density at radius 2 is 1.82 bits per heavy atom. The summed E-state index contributed by atoms with van der Waals surface area (Å²) < 4.78 is 5.58. The van der Waals surface area contributed by atoms with Crippen LogP contribution in [0, 0.1) is 5.92 Å². The first kappa shape index (κ1) is 11.0. The predicted molar refractivity (Wildman–Crippen MR) is 49.8 cm³/mol. The molecule has 0 fully saturated rings. The molecule has 0 aliphatic heterocycles. The van der Waals surface area contributed by atoms with Crippen molar-refractivity contribution in [3.05, 3.63) is 0 Å². The van der Waals surface area contributed by atoms with Crippen molar-refractivity contribution in [2.75, 3.05) is 6.61 Å². The Labute approximate surface area is 71.1 Å². The Bertz CT molecular complexity index is 95.0. The summed E-state index contributed by atoms with van der Waals surface area (Å²) in [5.41, 5.74) is 0.0824. The van der Waals surface area contributed by atoms with Crippen LogP contribution in [0.4, 0.5) is 0 Å². The van der Waals surface area contributed by atoms with E-state index in [1.165, 1.54) is 12.8 Å². The van der Waals surface area contributed by atoms with Crippen LogP contribution in [0.5, 0.6) is 0 Å². The highest BCUT2D eigenvalue weighted by Gasteiger charge is 2.17. The lowest BCUT2D eigenvalue weighted by molar-refractivity contribution is -0.0194. The molecule has 0 spiro atoms. The van der Waals surface area contributed by atoms with Gasteiger partial charge >= 0.3 is 0 Å². The van der Waals surface area contributed by atoms with Crippen LogP contribution in [0.1, 0.15) is 47.5 Å². The Hall–Kier alpha value is -0.0400. The lowest BCUT2D eigenvalue weighted by Crippen LogP contribution is -2.24. The van der Waals surface area contributed by atoms with Crippen molar-refractivity contribution >= 4 is 0 Å². The van der Waals surface area contributed by atoms with Crippen molar-refractivity contribution in [1.29, 1.82) is 0 Å². The molecule has 1 heteroatoms. The first-order chi connectivity index (χ1) is 4.98. The van der Waals surface area contributed by atoms with E-state index in [0.717, 1.165) is 12.5 Å². The van der Waals surface area contributed by atoms with Gasteiger partial charge in [-0.05, 0) is 39.5 Å². The van der Waals surface area contributed by atoms with Gasteiger partial charge in [-0.2, -0.15) is 0 Å². The summed E-state index contributed by atoms with van der Waals surface area (Å²) in [7, 11) is 0. The largest absolute Gasteiger partial charge is 0.376 e. The molecule has 0 saturated carbocycles. The first-order valence-corrected chi connectivity index (χ1v) is 4.62. The summed E-state index contributed by atoms with van der Waals surface area (Å²) >= 11 is 0. The van der Waals surface area contributed by atoms with E-state index in [1.54, 1.807) is 0 Å². The molecule has 0 aliphatic carbocycles. The van der Waals surface area contributed by atoms with Gasteiger partial charge in [-0.3, -0.25) is 0 Å². The molecular formula is C10H22O. The number of hydrogen-bond acceptors (Lipinski definition) is 1. The highest BCUT2D eigenvalue weighted by atomic mass is 16.5. The predicted octanol–water partition coefficient (Wildman–Crippen LogP) is 3.24. The number of ether oxygens (including phenoxy) is 1. The molecule has 0 bridgehead atoms. The van der Waals surface area contributed by atoms with Crippen LogP contribution in [0.15, 0.2) is 0 Å². The third kappa shape index (κ3) is 6.36. The molecule has 0 aromatic heterocycles. The Morgan fingerprint density at radius 1 is 1.27 bits per heavy atom. The maximum atomic E-state index is 5.58. The van der Waals surface area contributed by atoms with Crippen molar-refractivity contribution in [3.8, 4) is 0 Å². The van der Waals surface area contributed by atoms with Crippen LogP contribution in [0.25, 0.3) is 0 Å². The minimum Gasteiger partial charge on any atom is -0.376 e. The summed E-state index contributed by atoms with van der Waals surface area (Å²) in [4.78, 5) is 0. The van der Waals surface area contributed by atoms with Crippen LogP contribution < -0.4 is 0 Å². The Balaban J connectivity index is 3.54. The van der Waals surface area contributed by atoms with Gasteiger partial charge in [-0.25, -0.2) is 0 Å². The molecule has 0 unspecified atom stereocenters. The second-order valence-electron chi connectivity index (χ2n) is 4.13. The van der Waals surface area contributed by atoms with Crippen molar-refractivity contribution in [2.24, 2.45) is 5.92 Å². The van der Waals surface area contributed by atoms with Gasteiger partial charge in [0.1, 0.15) is 0 Å². The fourth-order valence-corrected chi connectivity index (χ4v) is 1.10. The molecule has 0 aromatic rings. The molecule has 0 radical (unpaired) electrons. The normalized spacial score (nSPS) is 12.5. The Kier molecular flexibility index (Phi) is 4.74. The fraction of sp³-hybridized carbons (Fsp3) is 1.00. The number of hydrogen-bond donors (Lipinski definition) is 0. The van der Waals surface area contributed by atoms with Crippen LogP contribution in [-0.4, -0.2) is 12.2 Å². The fourth-order valence-electron chi connectivity index (χ4n) is 1.10. The Morgan fingerprint density at radius 3 is 2.18 bits per heavy atom. The highest BCUT2D eigenvalue weighted by Crippen LogP contribution is 2.19. The van der Waals surface area contributed by atoms with Gasteiger partial charge in [0.2, 0.25) is 0 Å². The smallest absolute Gasteiger partial charge is 0.0626 e. The average molecular weight is 158 g/mol. The SMILES string of the molecule is CCOC(C)(C)CCC(C)C. The topological polar surface area (TPSA) is 9.23 Å². The molecule has 0 heterocycles. The molecule has 0 rings (SSSR count). The van der Waals surface area contributed by atoms with Gasteiger partial charge in [0, 0.05) is 6.61 Å². The summed E-state index contributed by atoms with van der Waals surface area (Å²) in [6.45, 7) is 11.7. The lowest BCUT2D eigenvalue weighted by atomic mass is 9.97. The van der Waals surface area contributed by atoms with Crippen LogP contribution in [0.2, 0.25) is 0 Å². The molecule has 68 valence electrons. The van der Waals surface area contributed by atoms with Crippen molar-refractivity contribution in [1.82, 2.24) is 0 Å². The van der Waals surface area contributed by atoms with E-state index in [1.807, 2.05) is 0 Å². The summed E-state index contributed by atoms with van der Waals surface area (Å²) in [6.07, 6.45) is 2.42. The van der Waals surface area contributed by atoms with Gasteiger partial charge < -0.3 is 4.74 Å². The molecule has 0 saturated heterocycles. The standard InChI is InChI=1S/C10H22O/c1-6-11-10(4,5)8-7-9(2)3/h9H,6-8H2,1-5H3. The third-order valence-electron chi connectivity index (χ3n) is 1.86. The summed E-state index contributed by atoms with van der Waals surface area (Å²) in [5, 5.41) is 0. The molecule has 1 nitrogen and oxygen atoms in total. The van der Waals surface area contributed by atoms with E-state index in [0.29, 0.717) is 0 Å². The van der Waals surface area contributed by atoms with Gasteiger partial charge in [0.25, 0.3) is 0 Å². The molecule has 11 heavy (non-hydrogen) atoms. The maximum Gasteiger partial charge on any atom is 0.0626 e. The van der Waals surface area contributed by atoms with E-state index < -0.39 is 0 Å². The zero-order chi connectivity index (χ0) is 8.91. The number of rotatable bonds is 5. The second kappa shape index (κ2) is 4.76. The average Bonchev–Trinajstić information content (AvgIpc) is 1.84. The quantitative estimate of drug-likeness (QED) is 0.597. The molecule has 0 aromatic carbocycles.